The summed E-state index contributed by atoms with van der Waals surface area (Å²) in [6, 6.07) is 0.296. The van der Waals surface area contributed by atoms with Crippen molar-refractivity contribution in [3.05, 3.63) is 0 Å². The van der Waals surface area contributed by atoms with E-state index in [0.717, 1.165) is 25.9 Å². The molecule has 0 spiro atoms. The second-order valence-electron chi connectivity index (χ2n) is 6.01. The number of carbonyl (C=O) groups is 1. The van der Waals surface area contributed by atoms with E-state index in [9.17, 15) is 4.79 Å². The van der Waals surface area contributed by atoms with Crippen molar-refractivity contribution in [2.45, 2.75) is 64.0 Å². The van der Waals surface area contributed by atoms with Crippen molar-refractivity contribution < 1.29 is 9.53 Å². The van der Waals surface area contributed by atoms with Gasteiger partial charge in [0.15, 0.2) is 0 Å². The Kier molecular flexibility index (Phi) is 6.11. The van der Waals surface area contributed by atoms with E-state index in [1.54, 1.807) is 0 Å². The first kappa shape index (κ1) is 14.8. The van der Waals surface area contributed by atoms with Crippen LogP contribution in [0.2, 0.25) is 0 Å². The lowest BCUT2D eigenvalue weighted by atomic mass is 9.84. The van der Waals surface area contributed by atoms with Gasteiger partial charge in [-0.15, -0.1) is 0 Å². The fourth-order valence-electron chi connectivity index (χ4n) is 3.20. The molecule has 0 aromatic carbocycles. The van der Waals surface area contributed by atoms with Crippen molar-refractivity contribution in [3.8, 4) is 0 Å². The molecule has 1 heterocycles. The molecule has 0 radical (unpaired) electrons. The molecule has 2 rings (SSSR count). The maximum Gasteiger partial charge on any atom is 0.246 e. The van der Waals surface area contributed by atoms with Crippen molar-refractivity contribution >= 4 is 5.91 Å². The van der Waals surface area contributed by atoms with Crippen molar-refractivity contribution in [1.82, 2.24) is 10.6 Å². The molecule has 0 unspecified atom stereocenters. The van der Waals surface area contributed by atoms with E-state index in [1.807, 2.05) is 0 Å². The van der Waals surface area contributed by atoms with Gasteiger partial charge < -0.3 is 15.4 Å². The number of rotatable bonds is 5. The van der Waals surface area contributed by atoms with E-state index in [0.29, 0.717) is 12.0 Å². The highest BCUT2D eigenvalue weighted by Crippen LogP contribution is 2.26. The first-order valence-electron chi connectivity index (χ1n) is 7.87. The number of hydrogen-bond donors (Lipinski definition) is 2. The molecule has 2 N–H and O–H groups in total. The summed E-state index contributed by atoms with van der Waals surface area (Å²) in [5, 5.41) is 6.41. The summed E-state index contributed by atoms with van der Waals surface area (Å²) in [6.07, 6.45) is 8.81. The smallest absolute Gasteiger partial charge is 0.246 e. The van der Waals surface area contributed by atoms with E-state index in [4.69, 9.17) is 4.74 Å². The van der Waals surface area contributed by atoms with Crippen LogP contribution < -0.4 is 10.6 Å². The molecule has 2 fully saturated rings. The highest BCUT2D eigenvalue weighted by molar-refractivity contribution is 5.77. The van der Waals surface area contributed by atoms with Gasteiger partial charge in [0.2, 0.25) is 5.91 Å². The van der Waals surface area contributed by atoms with Crippen LogP contribution in [0.1, 0.15) is 51.9 Å². The summed E-state index contributed by atoms with van der Waals surface area (Å²) in [5.74, 6) is 0.716. The molecule has 1 aliphatic heterocycles. The SMILES string of the molecule is C[C@@H](NC(=O)COC1CCNCC1)C1CCCCC1. The number of carbonyl (C=O) groups excluding carboxylic acids is 1. The quantitative estimate of drug-likeness (QED) is 0.800. The number of amides is 1. The lowest BCUT2D eigenvalue weighted by Gasteiger charge is -2.28. The fraction of sp³-hybridized carbons (Fsp3) is 0.933. The Labute approximate surface area is 116 Å². The van der Waals surface area contributed by atoms with E-state index < -0.39 is 0 Å². The minimum atomic E-state index is 0.0524. The highest BCUT2D eigenvalue weighted by Gasteiger charge is 2.22. The summed E-state index contributed by atoms with van der Waals surface area (Å²) in [5.41, 5.74) is 0. The van der Waals surface area contributed by atoms with Gasteiger partial charge in [-0.1, -0.05) is 19.3 Å². The van der Waals surface area contributed by atoms with E-state index in [-0.39, 0.29) is 18.6 Å². The number of nitrogens with one attached hydrogen (secondary N) is 2. The largest absolute Gasteiger partial charge is 0.368 e. The van der Waals surface area contributed by atoms with Crippen LogP contribution in [0.5, 0.6) is 0 Å². The van der Waals surface area contributed by atoms with Crippen LogP contribution in [0, 0.1) is 5.92 Å². The molecular weight excluding hydrogens is 240 g/mol. The molecule has 1 amide bonds. The molecule has 1 saturated carbocycles. The lowest BCUT2D eigenvalue weighted by molar-refractivity contribution is -0.129. The Morgan fingerprint density at radius 1 is 1.21 bits per heavy atom. The van der Waals surface area contributed by atoms with Gasteiger partial charge in [-0.2, -0.15) is 0 Å². The van der Waals surface area contributed by atoms with Gasteiger partial charge in [0, 0.05) is 6.04 Å². The molecule has 110 valence electrons. The number of hydrogen-bond acceptors (Lipinski definition) is 3. The first-order chi connectivity index (χ1) is 9.25. The molecule has 4 nitrogen and oxygen atoms in total. The molecule has 4 heteroatoms. The van der Waals surface area contributed by atoms with Crippen molar-refractivity contribution in [2.75, 3.05) is 19.7 Å². The monoisotopic (exact) mass is 268 g/mol. The Morgan fingerprint density at radius 3 is 2.58 bits per heavy atom. The van der Waals surface area contributed by atoms with Gasteiger partial charge in [0.05, 0.1) is 6.10 Å². The van der Waals surface area contributed by atoms with Crippen molar-refractivity contribution in [3.63, 3.8) is 0 Å². The Bertz CT molecular complexity index is 271. The third-order valence-electron chi connectivity index (χ3n) is 4.48. The summed E-state index contributed by atoms with van der Waals surface area (Å²) < 4.78 is 5.68. The van der Waals surface area contributed by atoms with E-state index >= 15 is 0 Å². The van der Waals surface area contributed by atoms with Gasteiger partial charge in [0.25, 0.3) is 0 Å². The van der Waals surface area contributed by atoms with Crippen molar-refractivity contribution in [2.24, 2.45) is 5.92 Å². The second-order valence-corrected chi connectivity index (χ2v) is 6.01. The maximum absolute atomic E-state index is 11.9. The topological polar surface area (TPSA) is 50.4 Å². The normalized spacial score (nSPS) is 24.1. The van der Waals surface area contributed by atoms with Gasteiger partial charge in [-0.25, -0.2) is 0 Å². The zero-order valence-electron chi connectivity index (χ0n) is 12.1. The molecule has 2 aliphatic rings. The molecule has 19 heavy (non-hydrogen) atoms. The molecule has 1 atom stereocenters. The third-order valence-corrected chi connectivity index (χ3v) is 4.48. The standard InChI is InChI=1S/C15H28N2O2/c1-12(13-5-3-2-4-6-13)17-15(18)11-19-14-7-9-16-10-8-14/h12-14,16H,2-11H2,1H3,(H,17,18)/t12-/m1/s1. The number of piperidine rings is 1. The fourth-order valence-corrected chi connectivity index (χ4v) is 3.20. The first-order valence-corrected chi connectivity index (χ1v) is 7.87. The molecule has 1 saturated heterocycles. The summed E-state index contributed by atoms with van der Waals surface area (Å²) in [4.78, 5) is 11.9. The molecule has 0 aromatic heterocycles. The second kappa shape index (κ2) is 7.85. The van der Waals surface area contributed by atoms with Crippen LogP contribution in [0.4, 0.5) is 0 Å². The third kappa shape index (κ3) is 5.11. The van der Waals surface area contributed by atoms with Crippen LogP contribution in [0.3, 0.4) is 0 Å². The van der Waals surface area contributed by atoms with E-state index in [2.05, 4.69) is 17.6 Å². The van der Waals surface area contributed by atoms with Gasteiger partial charge in [0.1, 0.15) is 6.61 Å². The zero-order valence-corrected chi connectivity index (χ0v) is 12.1. The zero-order chi connectivity index (χ0) is 13.5. The van der Waals surface area contributed by atoms with Crippen LogP contribution in [-0.2, 0) is 9.53 Å². The van der Waals surface area contributed by atoms with Gasteiger partial charge in [-0.05, 0) is 51.6 Å². The summed E-state index contributed by atoms with van der Waals surface area (Å²) in [7, 11) is 0. The summed E-state index contributed by atoms with van der Waals surface area (Å²) >= 11 is 0. The average molecular weight is 268 g/mol. The molecule has 0 aromatic rings. The number of ether oxygens (including phenoxy) is 1. The van der Waals surface area contributed by atoms with Gasteiger partial charge >= 0.3 is 0 Å². The lowest BCUT2D eigenvalue weighted by Crippen LogP contribution is -2.42. The minimum absolute atomic E-state index is 0.0524. The van der Waals surface area contributed by atoms with E-state index in [1.165, 1.54) is 32.1 Å². The van der Waals surface area contributed by atoms with Crippen molar-refractivity contribution in [1.29, 1.82) is 0 Å². The Morgan fingerprint density at radius 2 is 1.89 bits per heavy atom. The predicted octanol–water partition coefficient (Wildman–Crippen LogP) is 1.84. The maximum atomic E-state index is 11.9. The highest BCUT2D eigenvalue weighted by atomic mass is 16.5. The minimum Gasteiger partial charge on any atom is -0.368 e. The Balaban J connectivity index is 1.62. The predicted molar refractivity (Wildman–Crippen MR) is 76.0 cm³/mol. The van der Waals surface area contributed by atoms with Gasteiger partial charge in [-0.3, -0.25) is 4.79 Å². The summed E-state index contributed by atoms with van der Waals surface area (Å²) in [6.45, 7) is 4.37. The Hall–Kier alpha value is -0.610. The molecule has 0 bridgehead atoms. The van der Waals surface area contributed by atoms with Crippen LogP contribution in [0.15, 0.2) is 0 Å². The molecular formula is C15H28N2O2. The van der Waals surface area contributed by atoms with Crippen LogP contribution >= 0.6 is 0 Å². The molecule has 1 aliphatic carbocycles. The average Bonchev–Trinajstić information content (AvgIpc) is 2.47. The van der Waals surface area contributed by atoms with Crippen LogP contribution in [0.25, 0.3) is 0 Å². The van der Waals surface area contributed by atoms with Crippen LogP contribution in [-0.4, -0.2) is 37.7 Å².